The molecule has 1 aliphatic carbocycles. The fraction of sp³-hybridized carbons (Fsp3) is 0.444. The Morgan fingerprint density at radius 2 is 2.45 bits per heavy atom. The molecule has 0 heterocycles. The molecule has 2 nitrogen and oxygen atoms in total. The number of hydrogen-bond donors (Lipinski definition) is 0. The van der Waals surface area contributed by atoms with E-state index >= 15 is 0 Å². The monoisotopic (exact) mass is 150 g/mol. The van der Waals surface area contributed by atoms with E-state index in [0.717, 1.165) is 12.8 Å². The van der Waals surface area contributed by atoms with Crippen LogP contribution >= 0.6 is 0 Å². The van der Waals surface area contributed by atoms with Crippen LogP contribution in [0.2, 0.25) is 0 Å². The first-order valence-electron chi connectivity index (χ1n) is 3.62. The predicted molar refractivity (Wildman–Crippen MR) is 41.7 cm³/mol. The van der Waals surface area contributed by atoms with E-state index in [1.165, 1.54) is 6.08 Å². The Hall–Kier alpha value is -1.23. The van der Waals surface area contributed by atoms with Gasteiger partial charge in [-0.05, 0) is 25.0 Å². The first-order valence-corrected chi connectivity index (χ1v) is 3.62. The van der Waals surface area contributed by atoms with Crippen molar-refractivity contribution < 1.29 is 9.53 Å². The van der Waals surface area contributed by atoms with E-state index in [1.807, 2.05) is 0 Å². The van der Waals surface area contributed by atoms with Gasteiger partial charge in [0.2, 0.25) is 0 Å². The van der Waals surface area contributed by atoms with E-state index in [4.69, 9.17) is 11.2 Å². The summed E-state index contributed by atoms with van der Waals surface area (Å²) in [5, 5.41) is 0. The van der Waals surface area contributed by atoms with Gasteiger partial charge in [-0.3, -0.25) is 4.79 Å². The lowest BCUT2D eigenvalue weighted by Gasteiger charge is -1.97. The Bertz CT molecular complexity index is 206. The summed E-state index contributed by atoms with van der Waals surface area (Å²) in [5.41, 5.74) is 0. The highest BCUT2D eigenvalue weighted by Crippen LogP contribution is 2.29. The number of rotatable bonds is 3. The molecule has 0 saturated heterocycles. The van der Waals surface area contributed by atoms with Crippen molar-refractivity contribution in [3.63, 3.8) is 0 Å². The largest absolute Gasteiger partial charge is 0.461 e. The molecular weight excluding hydrogens is 140 g/mol. The van der Waals surface area contributed by atoms with Crippen molar-refractivity contribution in [1.29, 1.82) is 0 Å². The minimum atomic E-state index is -0.0910. The van der Waals surface area contributed by atoms with Crippen LogP contribution in [0.1, 0.15) is 12.8 Å². The number of allylic oxidation sites excluding steroid dienone is 1. The van der Waals surface area contributed by atoms with Gasteiger partial charge in [0.05, 0.1) is 5.92 Å². The molecule has 0 aromatic rings. The molecule has 0 aromatic heterocycles. The third-order valence-corrected chi connectivity index (χ3v) is 1.45. The van der Waals surface area contributed by atoms with Gasteiger partial charge in [0.15, 0.2) is 0 Å². The highest BCUT2D eigenvalue weighted by atomic mass is 16.5. The number of terminal acetylenes is 1. The molecule has 0 bridgehead atoms. The fourth-order valence-corrected chi connectivity index (χ4v) is 0.683. The van der Waals surface area contributed by atoms with E-state index in [1.54, 1.807) is 6.08 Å². The minimum absolute atomic E-state index is 0.0910. The van der Waals surface area contributed by atoms with Crippen LogP contribution in [0.25, 0.3) is 0 Å². The first kappa shape index (κ1) is 7.87. The lowest BCUT2D eigenvalue weighted by molar-refractivity contribution is -0.143. The number of carbonyl (C=O) groups is 1. The maximum atomic E-state index is 10.9. The van der Waals surface area contributed by atoms with E-state index in [0.29, 0.717) is 6.61 Å². The third kappa shape index (κ3) is 2.90. The van der Waals surface area contributed by atoms with Gasteiger partial charge in [-0.15, -0.1) is 6.42 Å². The van der Waals surface area contributed by atoms with Crippen LogP contribution in [-0.2, 0) is 9.53 Å². The Balaban J connectivity index is 2.07. The molecule has 58 valence electrons. The number of carbonyl (C=O) groups excluding carboxylic acids is 1. The summed E-state index contributed by atoms with van der Waals surface area (Å²) in [4.78, 5) is 10.9. The highest BCUT2D eigenvalue weighted by molar-refractivity contribution is 5.74. The molecule has 1 aliphatic rings. The van der Waals surface area contributed by atoms with E-state index in [2.05, 4.69) is 5.92 Å². The Morgan fingerprint density at radius 1 is 1.73 bits per heavy atom. The molecular formula is C9H10O2. The minimum Gasteiger partial charge on any atom is -0.461 e. The Labute approximate surface area is 66.2 Å². The molecule has 0 amide bonds. The number of ether oxygens (including phenoxy) is 1. The summed E-state index contributed by atoms with van der Waals surface area (Å²) in [7, 11) is 0. The van der Waals surface area contributed by atoms with Crippen molar-refractivity contribution in [2.24, 2.45) is 5.92 Å². The van der Waals surface area contributed by atoms with Crippen molar-refractivity contribution in [2.75, 3.05) is 6.61 Å². The van der Waals surface area contributed by atoms with Gasteiger partial charge in [-0.1, -0.05) is 5.92 Å². The van der Waals surface area contributed by atoms with Crippen molar-refractivity contribution in [3.05, 3.63) is 12.2 Å². The van der Waals surface area contributed by atoms with Crippen molar-refractivity contribution in [3.8, 4) is 12.3 Å². The van der Waals surface area contributed by atoms with Gasteiger partial charge in [0, 0.05) is 0 Å². The molecule has 0 aliphatic heterocycles. The SMILES string of the molecule is C#C/C=C/COC(=O)C1CC1. The van der Waals surface area contributed by atoms with Crippen LogP contribution in [0.5, 0.6) is 0 Å². The van der Waals surface area contributed by atoms with Crippen LogP contribution in [0.4, 0.5) is 0 Å². The van der Waals surface area contributed by atoms with Gasteiger partial charge in [0.1, 0.15) is 6.61 Å². The molecule has 0 aromatic carbocycles. The molecule has 0 spiro atoms. The zero-order chi connectivity index (χ0) is 8.10. The summed E-state index contributed by atoms with van der Waals surface area (Å²) in [5.74, 6) is 2.40. The van der Waals surface area contributed by atoms with Gasteiger partial charge < -0.3 is 4.74 Å². The van der Waals surface area contributed by atoms with E-state index in [-0.39, 0.29) is 11.9 Å². The van der Waals surface area contributed by atoms with E-state index < -0.39 is 0 Å². The van der Waals surface area contributed by atoms with Crippen molar-refractivity contribution in [1.82, 2.24) is 0 Å². The molecule has 2 heteroatoms. The Morgan fingerprint density at radius 3 is 3.00 bits per heavy atom. The topological polar surface area (TPSA) is 26.3 Å². The molecule has 0 atom stereocenters. The smallest absolute Gasteiger partial charge is 0.309 e. The molecule has 11 heavy (non-hydrogen) atoms. The quantitative estimate of drug-likeness (QED) is 0.445. The molecule has 1 saturated carbocycles. The molecule has 0 unspecified atom stereocenters. The Kier molecular flexibility index (Phi) is 2.74. The van der Waals surface area contributed by atoms with Crippen molar-refractivity contribution >= 4 is 5.97 Å². The third-order valence-electron chi connectivity index (χ3n) is 1.45. The van der Waals surface area contributed by atoms with Gasteiger partial charge in [-0.2, -0.15) is 0 Å². The van der Waals surface area contributed by atoms with Crippen LogP contribution in [-0.4, -0.2) is 12.6 Å². The lowest BCUT2D eigenvalue weighted by atomic mass is 10.4. The predicted octanol–water partition coefficient (Wildman–Crippen LogP) is 1.13. The van der Waals surface area contributed by atoms with E-state index in [9.17, 15) is 4.79 Å². The average Bonchev–Trinajstić information content (AvgIpc) is 2.79. The van der Waals surface area contributed by atoms with Crippen molar-refractivity contribution in [2.45, 2.75) is 12.8 Å². The van der Waals surface area contributed by atoms with Crippen LogP contribution < -0.4 is 0 Å². The average molecular weight is 150 g/mol. The number of esters is 1. The van der Waals surface area contributed by atoms with Gasteiger partial charge in [0.25, 0.3) is 0 Å². The zero-order valence-electron chi connectivity index (χ0n) is 6.25. The summed E-state index contributed by atoms with van der Waals surface area (Å²) in [6.45, 7) is 0.305. The molecule has 0 radical (unpaired) electrons. The van der Waals surface area contributed by atoms with Crippen LogP contribution in [0.15, 0.2) is 12.2 Å². The lowest BCUT2D eigenvalue weighted by Crippen LogP contribution is -2.05. The maximum absolute atomic E-state index is 10.9. The molecule has 1 rings (SSSR count). The van der Waals surface area contributed by atoms with Crippen LogP contribution in [0.3, 0.4) is 0 Å². The zero-order valence-corrected chi connectivity index (χ0v) is 6.25. The second-order valence-corrected chi connectivity index (χ2v) is 2.47. The maximum Gasteiger partial charge on any atom is 0.309 e. The van der Waals surface area contributed by atoms with Gasteiger partial charge in [-0.25, -0.2) is 0 Å². The first-order chi connectivity index (χ1) is 5.34. The number of hydrogen-bond acceptors (Lipinski definition) is 2. The normalized spacial score (nSPS) is 16.3. The summed E-state index contributed by atoms with van der Waals surface area (Å²) < 4.78 is 4.85. The molecule has 0 N–H and O–H groups in total. The van der Waals surface area contributed by atoms with Gasteiger partial charge >= 0.3 is 5.97 Å². The fourth-order valence-electron chi connectivity index (χ4n) is 0.683. The summed E-state index contributed by atoms with van der Waals surface area (Å²) >= 11 is 0. The summed E-state index contributed by atoms with van der Waals surface area (Å²) in [6, 6.07) is 0. The highest BCUT2D eigenvalue weighted by Gasteiger charge is 2.30. The second kappa shape index (κ2) is 3.82. The standard InChI is InChI=1S/C9H10O2/c1-2-3-4-7-11-9(10)8-5-6-8/h1,3-4,8H,5-7H2/b4-3+. The summed E-state index contributed by atoms with van der Waals surface area (Å²) in [6.07, 6.45) is 10.1. The second-order valence-electron chi connectivity index (χ2n) is 2.47. The molecule has 1 fully saturated rings. The van der Waals surface area contributed by atoms with Crippen LogP contribution in [0, 0.1) is 18.3 Å².